The maximum atomic E-state index is 13.5. The average Bonchev–Trinajstić information content (AvgIpc) is 3.17. The van der Waals surface area contributed by atoms with Gasteiger partial charge in [-0.15, -0.1) is 11.8 Å². The van der Waals surface area contributed by atoms with Crippen LogP contribution < -0.4 is 10.9 Å². The fraction of sp³-hybridized carbons (Fsp3) is 0.517. The number of amides is 1. The van der Waals surface area contributed by atoms with Gasteiger partial charge in [0.25, 0.3) is 17.4 Å². The maximum absolute atomic E-state index is 13.5. The van der Waals surface area contributed by atoms with Crippen molar-refractivity contribution in [3.63, 3.8) is 0 Å². The first kappa shape index (κ1) is 26.9. The molecule has 1 aliphatic carbocycles. The summed E-state index contributed by atoms with van der Waals surface area (Å²) in [5, 5.41) is 3.89. The minimum atomic E-state index is -2.49. The molecule has 204 valence electrons. The molecule has 3 heterocycles. The third-order valence-electron chi connectivity index (χ3n) is 8.51. The highest BCUT2D eigenvalue weighted by Gasteiger charge is 2.48. The van der Waals surface area contributed by atoms with Crippen LogP contribution in [0, 0.1) is 19.8 Å². The zero-order chi connectivity index (χ0) is 27.2. The Morgan fingerprint density at radius 2 is 1.89 bits per heavy atom. The Morgan fingerprint density at radius 1 is 1.21 bits per heavy atom. The molecular weight excluding hydrogens is 506 g/mol. The second kappa shape index (κ2) is 10.5. The number of hydrogen-bond donors (Lipinski definition) is 2. The summed E-state index contributed by atoms with van der Waals surface area (Å²) >= 11 is 1.49. The predicted molar refractivity (Wildman–Crippen MR) is 148 cm³/mol. The molecular formula is C29H36F2N4O2S. The maximum Gasteiger partial charge on any atom is 0.254 e. The quantitative estimate of drug-likeness (QED) is 0.378. The Bertz CT molecular complexity index is 1400. The summed E-state index contributed by atoms with van der Waals surface area (Å²) < 4.78 is 29.0. The van der Waals surface area contributed by atoms with Crippen LogP contribution in [0.15, 0.2) is 40.0 Å². The third-order valence-corrected chi connectivity index (χ3v) is 9.31. The largest absolute Gasteiger partial charge is 0.348 e. The van der Waals surface area contributed by atoms with Crippen molar-refractivity contribution in [2.45, 2.75) is 75.9 Å². The Kier molecular flexibility index (Phi) is 7.44. The zero-order valence-electron chi connectivity index (χ0n) is 22.4. The number of alkyl halides is 2. The van der Waals surface area contributed by atoms with Gasteiger partial charge in [0.05, 0.1) is 5.56 Å². The number of carbonyl (C=O) groups is 1. The number of nitrogens with one attached hydrogen (secondary N) is 2. The standard InChI is InChI=1S/C29H36F2N4O2S/c1-17-13-25(38-4)23(27(36)33-17)16-32-28(37)26-19(3)35(24-8-6-5-7-22(24)26)18(2)20-9-11-34(12-10-20)21-14-29(30,31)15-21/h5-8,13,18,20-21H,9-12,14-16H2,1-4H3,(H,32,37)(H,33,36)/t18-/m1/s1. The number of rotatable bonds is 7. The minimum absolute atomic E-state index is 0.0121. The number of benzene rings is 1. The van der Waals surface area contributed by atoms with E-state index in [0.717, 1.165) is 53.1 Å². The molecule has 1 aliphatic heterocycles. The number of H-pyrrole nitrogens is 1. The summed E-state index contributed by atoms with van der Waals surface area (Å²) in [6.45, 7) is 7.86. The van der Waals surface area contributed by atoms with Gasteiger partial charge in [-0.2, -0.15) is 0 Å². The Morgan fingerprint density at radius 3 is 2.55 bits per heavy atom. The Labute approximate surface area is 226 Å². The summed E-state index contributed by atoms with van der Waals surface area (Å²) in [5.41, 5.74) is 3.72. The molecule has 0 bridgehead atoms. The molecule has 1 amide bonds. The number of nitrogens with zero attached hydrogens (tertiary/aromatic N) is 2. The second-order valence-electron chi connectivity index (χ2n) is 10.9. The molecule has 0 unspecified atom stereocenters. The molecule has 5 rings (SSSR count). The van der Waals surface area contributed by atoms with Crippen LogP contribution in [0.3, 0.4) is 0 Å². The van der Waals surface area contributed by atoms with E-state index in [0.29, 0.717) is 17.0 Å². The lowest BCUT2D eigenvalue weighted by atomic mass is 9.83. The van der Waals surface area contributed by atoms with Crippen molar-refractivity contribution in [3.8, 4) is 0 Å². The van der Waals surface area contributed by atoms with Gasteiger partial charge in [-0.3, -0.25) is 14.5 Å². The van der Waals surface area contributed by atoms with Gasteiger partial charge in [-0.25, -0.2) is 8.78 Å². The number of fused-ring (bicyclic) bond motifs is 1. The van der Waals surface area contributed by atoms with Gasteiger partial charge in [0, 0.05) is 64.2 Å². The topological polar surface area (TPSA) is 70.1 Å². The van der Waals surface area contributed by atoms with E-state index in [9.17, 15) is 18.4 Å². The Balaban J connectivity index is 1.35. The third kappa shape index (κ3) is 5.02. The smallest absolute Gasteiger partial charge is 0.254 e. The molecule has 2 fully saturated rings. The number of carbonyl (C=O) groups excluding carboxylic acids is 1. The normalized spacial score (nSPS) is 19.4. The van der Waals surface area contributed by atoms with Crippen molar-refractivity contribution >= 4 is 28.6 Å². The van der Waals surface area contributed by atoms with Crippen LogP contribution in [0.5, 0.6) is 0 Å². The summed E-state index contributed by atoms with van der Waals surface area (Å²) in [6.07, 6.45) is 3.79. The van der Waals surface area contributed by atoms with Crippen molar-refractivity contribution in [2.24, 2.45) is 5.92 Å². The van der Waals surface area contributed by atoms with E-state index in [1.807, 2.05) is 44.4 Å². The molecule has 2 aliphatic rings. The molecule has 0 radical (unpaired) electrons. The monoisotopic (exact) mass is 542 g/mol. The lowest BCUT2D eigenvalue weighted by Gasteiger charge is -2.46. The van der Waals surface area contributed by atoms with Gasteiger partial charge in [-0.05, 0) is 71.0 Å². The van der Waals surface area contributed by atoms with Gasteiger partial charge in [0.15, 0.2) is 0 Å². The first-order chi connectivity index (χ1) is 18.1. The number of aromatic amines is 1. The van der Waals surface area contributed by atoms with E-state index in [2.05, 4.69) is 32.8 Å². The Hall–Kier alpha value is -2.65. The summed E-state index contributed by atoms with van der Waals surface area (Å²) in [7, 11) is 0. The first-order valence-corrected chi connectivity index (χ1v) is 14.6. The molecule has 1 saturated carbocycles. The number of pyridine rings is 1. The van der Waals surface area contributed by atoms with Crippen LogP contribution in [0.4, 0.5) is 8.78 Å². The van der Waals surface area contributed by atoms with Crippen LogP contribution in [0.1, 0.15) is 66.0 Å². The average molecular weight is 543 g/mol. The fourth-order valence-corrected chi connectivity index (χ4v) is 7.07. The lowest BCUT2D eigenvalue weighted by Crippen LogP contribution is -2.53. The molecule has 1 atom stereocenters. The van der Waals surface area contributed by atoms with Crippen molar-refractivity contribution in [3.05, 3.63) is 63.2 Å². The van der Waals surface area contributed by atoms with Crippen LogP contribution in [0.25, 0.3) is 10.9 Å². The van der Waals surface area contributed by atoms with E-state index in [-0.39, 0.29) is 42.9 Å². The van der Waals surface area contributed by atoms with Gasteiger partial charge < -0.3 is 14.9 Å². The van der Waals surface area contributed by atoms with E-state index < -0.39 is 5.92 Å². The number of halogens is 2. The lowest BCUT2D eigenvalue weighted by molar-refractivity contribution is -0.129. The summed E-state index contributed by atoms with van der Waals surface area (Å²) in [5.74, 6) is -2.29. The van der Waals surface area contributed by atoms with Crippen molar-refractivity contribution < 1.29 is 13.6 Å². The number of hydrogen-bond acceptors (Lipinski definition) is 4. The van der Waals surface area contributed by atoms with Crippen LogP contribution in [-0.2, 0) is 6.54 Å². The zero-order valence-corrected chi connectivity index (χ0v) is 23.3. The second-order valence-corrected chi connectivity index (χ2v) is 11.7. The van der Waals surface area contributed by atoms with Crippen molar-refractivity contribution in [1.82, 2.24) is 19.8 Å². The number of likely N-dealkylation sites (tertiary alicyclic amines) is 1. The number of aryl methyl sites for hydroxylation is 1. The molecule has 1 aromatic carbocycles. The van der Waals surface area contributed by atoms with Crippen LogP contribution in [0.2, 0.25) is 0 Å². The molecule has 38 heavy (non-hydrogen) atoms. The van der Waals surface area contributed by atoms with E-state index in [4.69, 9.17) is 0 Å². The first-order valence-electron chi connectivity index (χ1n) is 13.4. The molecule has 9 heteroatoms. The fourth-order valence-electron chi connectivity index (χ4n) is 6.36. The molecule has 2 aromatic heterocycles. The van der Waals surface area contributed by atoms with Gasteiger partial charge in [-0.1, -0.05) is 18.2 Å². The SMILES string of the molecule is CSc1cc(C)[nH]c(=O)c1CNC(=O)c1c(C)n([C@H](C)C2CCN(C3CC(F)(F)C3)CC2)c2ccccc12. The summed E-state index contributed by atoms with van der Waals surface area (Å²) in [6, 6.07) is 10.1. The molecule has 0 spiro atoms. The molecule has 3 aromatic rings. The van der Waals surface area contributed by atoms with E-state index >= 15 is 0 Å². The van der Waals surface area contributed by atoms with Crippen molar-refractivity contribution in [1.29, 1.82) is 0 Å². The molecule has 2 N–H and O–H groups in total. The van der Waals surface area contributed by atoms with Crippen LogP contribution >= 0.6 is 11.8 Å². The van der Waals surface area contributed by atoms with Crippen LogP contribution in [-0.4, -0.2) is 51.7 Å². The number of para-hydroxylation sites is 1. The van der Waals surface area contributed by atoms with Gasteiger partial charge >= 0.3 is 0 Å². The highest BCUT2D eigenvalue weighted by atomic mass is 32.2. The highest BCUT2D eigenvalue weighted by molar-refractivity contribution is 7.98. The van der Waals surface area contributed by atoms with Gasteiger partial charge in [0.2, 0.25) is 0 Å². The van der Waals surface area contributed by atoms with Gasteiger partial charge in [0.1, 0.15) is 0 Å². The number of piperidine rings is 1. The predicted octanol–water partition coefficient (Wildman–Crippen LogP) is 5.67. The van der Waals surface area contributed by atoms with Crippen molar-refractivity contribution in [2.75, 3.05) is 19.3 Å². The molecule has 1 saturated heterocycles. The van der Waals surface area contributed by atoms with E-state index in [1.165, 1.54) is 11.8 Å². The minimum Gasteiger partial charge on any atom is -0.348 e. The number of thioether (sulfide) groups is 1. The molecule has 6 nitrogen and oxygen atoms in total. The highest BCUT2D eigenvalue weighted by Crippen LogP contribution is 2.43. The van der Waals surface area contributed by atoms with E-state index in [1.54, 1.807) is 0 Å². The number of aromatic nitrogens is 2. The summed E-state index contributed by atoms with van der Waals surface area (Å²) in [4.78, 5) is 32.0.